The Morgan fingerprint density at radius 2 is 1.48 bits per heavy atom. The summed E-state index contributed by atoms with van der Waals surface area (Å²) in [5.41, 5.74) is -0.107. The van der Waals surface area contributed by atoms with Crippen LogP contribution in [0.15, 0.2) is 30.3 Å². The van der Waals surface area contributed by atoms with E-state index in [1.165, 1.54) is 19.1 Å². The van der Waals surface area contributed by atoms with Crippen LogP contribution in [0.2, 0.25) is 0 Å². The van der Waals surface area contributed by atoms with Gasteiger partial charge < -0.3 is 15.3 Å². The first-order chi connectivity index (χ1) is 9.93. The zero-order valence-electron chi connectivity index (χ0n) is 11.1. The van der Waals surface area contributed by atoms with Gasteiger partial charge in [-0.25, -0.2) is 0 Å². The summed E-state index contributed by atoms with van der Waals surface area (Å²) in [5.74, 6) is -1.96. The molecular weight excluding hydrogens is 272 g/mol. The number of phenols is 2. The zero-order chi connectivity index (χ0) is 15.3. The summed E-state index contributed by atoms with van der Waals surface area (Å²) in [7, 11) is 0. The molecule has 2 aromatic rings. The molecule has 0 spiro atoms. The first-order valence-electron chi connectivity index (χ1n) is 6.38. The molecule has 0 fully saturated rings. The maximum Gasteiger partial charge on any atom is 0.198 e. The number of benzene rings is 2. The molecule has 2 aromatic carbocycles. The summed E-state index contributed by atoms with van der Waals surface area (Å²) >= 11 is 0. The van der Waals surface area contributed by atoms with E-state index in [2.05, 4.69) is 0 Å². The number of aliphatic hydroxyl groups is 1. The number of ketones is 2. The number of carbonyl (C=O) groups is 2. The molecule has 0 aromatic heterocycles. The predicted octanol–water partition coefficient (Wildman–Crippen LogP) is 1.93. The molecular formula is C16H12O5. The van der Waals surface area contributed by atoms with Gasteiger partial charge in [0.2, 0.25) is 0 Å². The van der Waals surface area contributed by atoms with E-state index < -0.39 is 29.2 Å². The minimum absolute atomic E-state index is 0.00628. The van der Waals surface area contributed by atoms with E-state index >= 15 is 0 Å². The lowest BCUT2D eigenvalue weighted by atomic mass is 9.81. The van der Waals surface area contributed by atoms with Crippen molar-refractivity contribution in [2.24, 2.45) is 0 Å². The minimum atomic E-state index is -1.08. The van der Waals surface area contributed by atoms with Crippen LogP contribution in [-0.2, 0) is 0 Å². The molecule has 0 unspecified atom stereocenters. The van der Waals surface area contributed by atoms with E-state index in [-0.39, 0.29) is 27.8 Å². The summed E-state index contributed by atoms with van der Waals surface area (Å²) in [5, 5.41) is 29.8. The lowest BCUT2D eigenvalue weighted by Crippen LogP contribution is -2.21. The third-order valence-corrected chi connectivity index (χ3v) is 3.63. The van der Waals surface area contributed by atoms with Gasteiger partial charge in [-0.1, -0.05) is 24.3 Å². The number of phenolic OH excluding ortho intramolecular Hbond substituents is 2. The second-order valence-electron chi connectivity index (χ2n) is 4.96. The molecule has 21 heavy (non-hydrogen) atoms. The Morgan fingerprint density at radius 1 is 0.952 bits per heavy atom. The molecule has 0 saturated heterocycles. The average molecular weight is 284 g/mol. The first kappa shape index (κ1) is 13.3. The van der Waals surface area contributed by atoms with Gasteiger partial charge in [0.1, 0.15) is 11.5 Å². The number of aliphatic hydroxyl groups excluding tert-OH is 1. The van der Waals surface area contributed by atoms with Crippen molar-refractivity contribution in [3.8, 4) is 11.5 Å². The fraction of sp³-hybridized carbons (Fsp3) is 0.125. The van der Waals surface area contributed by atoms with Crippen LogP contribution in [0.3, 0.4) is 0 Å². The van der Waals surface area contributed by atoms with Crippen LogP contribution in [0.1, 0.15) is 50.4 Å². The highest BCUT2D eigenvalue weighted by Crippen LogP contribution is 2.41. The van der Waals surface area contributed by atoms with Crippen molar-refractivity contribution < 1.29 is 24.9 Å². The summed E-state index contributed by atoms with van der Waals surface area (Å²) in [6.45, 7) is 1.39. The molecule has 0 heterocycles. The molecule has 1 aliphatic carbocycles. The van der Waals surface area contributed by atoms with E-state index in [1.807, 2.05) is 0 Å². The van der Waals surface area contributed by atoms with Gasteiger partial charge in [-0.15, -0.1) is 0 Å². The number of hydrogen-bond acceptors (Lipinski definition) is 5. The van der Waals surface area contributed by atoms with Crippen LogP contribution in [0.4, 0.5) is 0 Å². The van der Waals surface area contributed by atoms with E-state index in [0.29, 0.717) is 0 Å². The standard InChI is InChI=1S/C16H12O5/c1-7(17)10-6-11(18)12-13(16(10)21)15(20)9-5-3-2-4-8(9)14(12)19/h2-7,17-18,21H,1H3/t7-/m0/s1. The monoisotopic (exact) mass is 284 g/mol. The quantitative estimate of drug-likeness (QED) is 0.593. The molecule has 106 valence electrons. The number of rotatable bonds is 1. The lowest BCUT2D eigenvalue weighted by Gasteiger charge is -2.21. The maximum absolute atomic E-state index is 12.5. The van der Waals surface area contributed by atoms with E-state index in [4.69, 9.17) is 0 Å². The highest BCUT2D eigenvalue weighted by atomic mass is 16.3. The van der Waals surface area contributed by atoms with Gasteiger partial charge in [0.25, 0.3) is 0 Å². The third-order valence-electron chi connectivity index (χ3n) is 3.63. The predicted molar refractivity (Wildman–Crippen MR) is 73.7 cm³/mol. The molecule has 5 nitrogen and oxygen atoms in total. The van der Waals surface area contributed by atoms with Gasteiger partial charge in [-0.05, 0) is 13.0 Å². The summed E-state index contributed by atoms with van der Waals surface area (Å²) < 4.78 is 0. The first-order valence-corrected chi connectivity index (χ1v) is 6.38. The Kier molecular flexibility index (Phi) is 2.81. The van der Waals surface area contributed by atoms with E-state index in [0.717, 1.165) is 6.07 Å². The SMILES string of the molecule is C[C@H](O)c1cc(O)c2c(c1O)C(=O)c1ccccc1C2=O. The second-order valence-corrected chi connectivity index (χ2v) is 4.96. The Balaban J connectivity index is 2.38. The van der Waals surface area contributed by atoms with Crippen LogP contribution < -0.4 is 0 Å². The Bertz CT molecular complexity index is 789. The largest absolute Gasteiger partial charge is 0.507 e. The third kappa shape index (κ3) is 1.75. The zero-order valence-corrected chi connectivity index (χ0v) is 11.1. The van der Waals surface area contributed by atoms with Crippen molar-refractivity contribution in [2.75, 3.05) is 0 Å². The number of aromatic hydroxyl groups is 2. The van der Waals surface area contributed by atoms with Crippen LogP contribution in [-0.4, -0.2) is 26.9 Å². The summed E-state index contributed by atoms with van der Waals surface area (Å²) in [6, 6.07) is 7.33. The molecule has 3 rings (SSSR count). The molecule has 0 amide bonds. The Morgan fingerprint density at radius 3 is 2.00 bits per heavy atom. The molecule has 0 bridgehead atoms. The van der Waals surface area contributed by atoms with E-state index in [1.54, 1.807) is 12.1 Å². The lowest BCUT2D eigenvalue weighted by molar-refractivity contribution is 0.0973. The molecule has 0 aliphatic heterocycles. The fourth-order valence-corrected chi connectivity index (χ4v) is 2.60. The van der Waals surface area contributed by atoms with E-state index in [9.17, 15) is 24.9 Å². The fourth-order valence-electron chi connectivity index (χ4n) is 2.60. The van der Waals surface area contributed by atoms with Crippen molar-refractivity contribution in [3.63, 3.8) is 0 Å². The molecule has 5 heteroatoms. The molecule has 1 atom stereocenters. The minimum Gasteiger partial charge on any atom is -0.507 e. The van der Waals surface area contributed by atoms with Crippen LogP contribution >= 0.6 is 0 Å². The van der Waals surface area contributed by atoms with Crippen molar-refractivity contribution >= 4 is 11.6 Å². The van der Waals surface area contributed by atoms with Gasteiger partial charge in [0.05, 0.1) is 17.2 Å². The number of fused-ring (bicyclic) bond motifs is 2. The highest BCUT2D eigenvalue weighted by molar-refractivity contribution is 6.30. The van der Waals surface area contributed by atoms with Gasteiger partial charge in [0.15, 0.2) is 11.6 Å². The maximum atomic E-state index is 12.5. The highest BCUT2D eigenvalue weighted by Gasteiger charge is 2.35. The molecule has 3 N–H and O–H groups in total. The Hall–Kier alpha value is -2.66. The van der Waals surface area contributed by atoms with Crippen LogP contribution in [0.5, 0.6) is 11.5 Å². The second kappa shape index (κ2) is 4.43. The van der Waals surface area contributed by atoms with Gasteiger partial charge >= 0.3 is 0 Å². The number of hydrogen-bond donors (Lipinski definition) is 3. The van der Waals surface area contributed by atoms with Crippen molar-refractivity contribution in [1.82, 2.24) is 0 Å². The van der Waals surface area contributed by atoms with Crippen molar-refractivity contribution in [2.45, 2.75) is 13.0 Å². The normalized spacial score (nSPS) is 14.6. The molecule has 1 aliphatic rings. The smallest absolute Gasteiger partial charge is 0.198 e. The molecule has 0 radical (unpaired) electrons. The average Bonchev–Trinajstić information content (AvgIpc) is 2.46. The Labute approximate surface area is 120 Å². The van der Waals surface area contributed by atoms with Crippen LogP contribution in [0.25, 0.3) is 0 Å². The van der Waals surface area contributed by atoms with Crippen molar-refractivity contribution in [3.05, 3.63) is 58.1 Å². The van der Waals surface area contributed by atoms with Crippen molar-refractivity contribution in [1.29, 1.82) is 0 Å². The van der Waals surface area contributed by atoms with Gasteiger partial charge in [0, 0.05) is 16.7 Å². The van der Waals surface area contributed by atoms with Gasteiger partial charge in [-0.2, -0.15) is 0 Å². The number of carbonyl (C=O) groups excluding carboxylic acids is 2. The topological polar surface area (TPSA) is 94.8 Å². The summed E-state index contributed by atoms with van der Waals surface area (Å²) in [4.78, 5) is 24.9. The summed E-state index contributed by atoms with van der Waals surface area (Å²) in [6.07, 6.45) is -1.08. The van der Waals surface area contributed by atoms with Gasteiger partial charge in [-0.3, -0.25) is 9.59 Å². The van der Waals surface area contributed by atoms with Crippen LogP contribution in [0, 0.1) is 0 Å². The molecule has 0 saturated carbocycles.